The van der Waals surface area contributed by atoms with Gasteiger partial charge in [-0.3, -0.25) is 0 Å². The second-order valence-electron chi connectivity index (χ2n) is 4.22. The van der Waals surface area contributed by atoms with E-state index in [2.05, 4.69) is 28.3 Å². The fourth-order valence-corrected chi connectivity index (χ4v) is 2.95. The molecule has 2 rings (SSSR count). The van der Waals surface area contributed by atoms with Crippen LogP contribution in [0.5, 0.6) is 0 Å². The van der Waals surface area contributed by atoms with E-state index in [0.29, 0.717) is 5.82 Å². The quantitative estimate of drug-likeness (QED) is 0.858. The molecule has 0 atom stereocenters. The predicted octanol–water partition coefficient (Wildman–Crippen LogP) is 3.38. The number of nitrogens with two attached hydrogens (primary N) is 1. The van der Waals surface area contributed by atoms with Crippen molar-refractivity contribution in [3.63, 3.8) is 0 Å². The Labute approximate surface area is 122 Å². The van der Waals surface area contributed by atoms with E-state index < -0.39 is 0 Å². The molecule has 0 saturated heterocycles. The lowest BCUT2D eigenvalue weighted by Crippen LogP contribution is -2.10. The van der Waals surface area contributed by atoms with Gasteiger partial charge < -0.3 is 11.1 Å². The highest BCUT2D eigenvalue weighted by molar-refractivity contribution is 7.16. The maximum atomic E-state index is 5.90. The van der Waals surface area contributed by atoms with E-state index in [1.165, 1.54) is 11.2 Å². The number of hydrogen-bond acceptors (Lipinski definition) is 5. The Morgan fingerprint density at radius 1 is 1.32 bits per heavy atom. The summed E-state index contributed by atoms with van der Waals surface area (Å²) in [6, 6.07) is 3.97. The molecule has 0 amide bonds. The summed E-state index contributed by atoms with van der Waals surface area (Å²) in [7, 11) is 0. The molecule has 3 N–H and O–H groups in total. The van der Waals surface area contributed by atoms with Gasteiger partial charge in [-0.15, -0.1) is 11.3 Å². The summed E-state index contributed by atoms with van der Waals surface area (Å²) >= 11 is 7.51. The molecule has 0 aliphatic carbocycles. The van der Waals surface area contributed by atoms with Gasteiger partial charge in [0.25, 0.3) is 0 Å². The van der Waals surface area contributed by atoms with E-state index in [9.17, 15) is 0 Å². The Balaban J connectivity index is 1.97. The Kier molecular flexibility index (Phi) is 4.99. The molecule has 2 heterocycles. The van der Waals surface area contributed by atoms with E-state index in [1.807, 2.05) is 6.07 Å². The first kappa shape index (κ1) is 14.1. The average Bonchev–Trinajstić information content (AvgIpc) is 2.79. The molecule has 4 nitrogen and oxygen atoms in total. The van der Waals surface area contributed by atoms with Crippen molar-refractivity contribution < 1.29 is 0 Å². The van der Waals surface area contributed by atoms with Crippen LogP contribution < -0.4 is 11.1 Å². The van der Waals surface area contributed by atoms with E-state index in [1.54, 1.807) is 11.3 Å². The van der Waals surface area contributed by atoms with E-state index in [0.717, 1.165) is 41.5 Å². The van der Waals surface area contributed by atoms with Crippen molar-refractivity contribution in [3.05, 3.63) is 33.2 Å². The van der Waals surface area contributed by atoms with Crippen LogP contribution >= 0.6 is 22.9 Å². The van der Waals surface area contributed by atoms with Gasteiger partial charge in [-0.1, -0.05) is 24.9 Å². The topological polar surface area (TPSA) is 63.8 Å². The lowest BCUT2D eigenvalue weighted by molar-refractivity contribution is 0.899. The van der Waals surface area contributed by atoms with Crippen molar-refractivity contribution in [1.82, 2.24) is 9.97 Å². The van der Waals surface area contributed by atoms with Crippen LogP contribution in [0, 0.1) is 0 Å². The molecule has 2 aromatic rings. The first-order valence-corrected chi connectivity index (χ1v) is 7.47. The van der Waals surface area contributed by atoms with E-state index >= 15 is 0 Å². The maximum Gasteiger partial charge on any atom is 0.134 e. The van der Waals surface area contributed by atoms with Crippen molar-refractivity contribution in [3.8, 4) is 0 Å². The number of hydrogen-bond donors (Lipinski definition) is 2. The van der Waals surface area contributed by atoms with Crippen LogP contribution in [0.15, 0.2) is 18.5 Å². The minimum Gasteiger partial charge on any atom is -0.383 e. The lowest BCUT2D eigenvalue weighted by atomic mass is 10.1. The van der Waals surface area contributed by atoms with Gasteiger partial charge in [0.05, 0.1) is 4.34 Å². The molecule has 0 aromatic carbocycles. The van der Waals surface area contributed by atoms with Crippen molar-refractivity contribution in [2.24, 2.45) is 0 Å². The van der Waals surface area contributed by atoms with Gasteiger partial charge in [0, 0.05) is 17.0 Å². The molecule has 0 aliphatic heterocycles. The fourth-order valence-electron chi connectivity index (χ4n) is 1.86. The standard InChI is InChI=1S/C13H17ClN4S/c1-2-3-10-12(15)17-8-18-13(10)16-7-6-9-4-5-11(14)19-9/h4-5,8H,2-3,6-7H2,1H3,(H3,15,16,17,18). The largest absolute Gasteiger partial charge is 0.383 e. The molecule has 102 valence electrons. The second kappa shape index (κ2) is 6.73. The molecule has 0 spiro atoms. The zero-order valence-electron chi connectivity index (χ0n) is 10.8. The number of nitrogens with zero attached hydrogens (tertiary/aromatic N) is 2. The average molecular weight is 297 g/mol. The lowest BCUT2D eigenvalue weighted by Gasteiger charge is -2.11. The van der Waals surface area contributed by atoms with Crippen molar-refractivity contribution >= 4 is 34.6 Å². The second-order valence-corrected chi connectivity index (χ2v) is 6.02. The highest BCUT2D eigenvalue weighted by atomic mass is 35.5. The number of thiophene rings is 1. The molecule has 0 saturated carbocycles. The van der Waals surface area contributed by atoms with Gasteiger partial charge in [-0.25, -0.2) is 9.97 Å². The molecular weight excluding hydrogens is 280 g/mol. The molecular formula is C13H17ClN4S. The summed E-state index contributed by atoms with van der Waals surface area (Å²) in [5.41, 5.74) is 6.90. The Bertz CT molecular complexity index is 541. The molecule has 0 unspecified atom stereocenters. The zero-order valence-corrected chi connectivity index (χ0v) is 12.4. The number of aromatic nitrogens is 2. The summed E-state index contributed by atoms with van der Waals surface area (Å²) in [5, 5.41) is 3.33. The molecule has 2 aromatic heterocycles. The van der Waals surface area contributed by atoms with Gasteiger partial charge in [0.2, 0.25) is 0 Å². The minimum absolute atomic E-state index is 0.568. The summed E-state index contributed by atoms with van der Waals surface area (Å²) in [6.45, 7) is 2.92. The number of rotatable bonds is 6. The smallest absolute Gasteiger partial charge is 0.134 e. The third-order valence-electron chi connectivity index (χ3n) is 2.77. The van der Waals surface area contributed by atoms with E-state index in [-0.39, 0.29) is 0 Å². The third kappa shape index (κ3) is 3.81. The van der Waals surface area contributed by atoms with Gasteiger partial charge >= 0.3 is 0 Å². The first-order chi connectivity index (χ1) is 9.20. The molecule has 0 bridgehead atoms. The molecule has 0 fully saturated rings. The number of nitrogen functional groups attached to an aromatic ring is 1. The Hall–Kier alpha value is -1.33. The first-order valence-electron chi connectivity index (χ1n) is 6.28. The van der Waals surface area contributed by atoms with Crippen LogP contribution in [0.25, 0.3) is 0 Å². The predicted molar refractivity (Wildman–Crippen MR) is 82.0 cm³/mol. The molecule has 6 heteroatoms. The van der Waals surface area contributed by atoms with Crippen LogP contribution in [0.1, 0.15) is 23.8 Å². The van der Waals surface area contributed by atoms with Gasteiger partial charge in [-0.05, 0) is 25.0 Å². The van der Waals surface area contributed by atoms with Crippen LogP contribution in [0.2, 0.25) is 4.34 Å². The highest BCUT2D eigenvalue weighted by Gasteiger charge is 2.08. The van der Waals surface area contributed by atoms with Gasteiger partial charge in [-0.2, -0.15) is 0 Å². The Morgan fingerprint density at radius 2 is 2.16 bits per heavy atom. The molecule has 0 aliphatic rings. The monoisotopic (exact) mass is 296 g/mol. The van der Waals surface area contributed by atoms with Crippen LogP contribution in [0.4, 0.5) is 11.6 Å². The maximum absolute atomic E-state index is 5.90. The van der Waals surface area contributed by atoms with Gasteiger partial charge in [0.15, 0.2) is 0 Å². The highest BCUT2D eigenvalue weighted by Crippen LogP contribution is 2.22. The molecule has 19 heavy (non-hydrogen) atoms. The normalized spacial score (nSPS) is 10.6. The summed E-state index contributed by atoms with van der Waals surface area (Å²) in [4.78, 5) is 9.57. The van der Waals surface area contributed by atoms with Crippen molar-refractivity contribution in [1.29, 1.82) is 0 Å². The van der Waals surface area contributed by atoms with Crippen LogP contribution in [-0.2, 0) is 12.8 Å². The van der Waals surface area contributed by atoms with Gasteiger partial charge in [0.1, 0.15) is 18.0 Å². The Morgan fingerprint density at radius 3 is 2.84 bits per heavy atom. The SMILES string of the molecule is CCCc1c(N)ncnc1NCCc1ccc(Cl)s1. The number of anilines is 2. The molecule has 0 radical (unpaired) electrons. The summed E-state index contributed by atoms with van der Waals surface area (Å²) < 4.78 is 0.827. The van der Waals surface area contributed by atoms with Crippen LogP contribution in [0.3, 0.4) is 0 Å². The number of nitrogens with one attached hydrogen (secondary N) is 1. The van der Waals surface area contributed by atoms with Crippen LogP contribution in [-0.4, -0.2) is 16.5 Å². The third-order valence-corrected chi connectivity index (χ3v) is 4.06. The summed E-state index contributed by atoms with van der Waals surface area (Å²) in [6.07, 6.45) is 4.33. The zero-order chi connectivity index (χ0) is 13.7. The number of halogens is 1. The summed E-state index contributed by atoms with van der Waals surface area (Å²) in [5.74, 6) is 1.41. The fraction of sp³-hybridized carbons (Fsp3) is 0.385. The van der Waals surface area contributed by atoms with Crippen molar-refractivity contribution in [2.45, 2.75) is 26.2 Å². The minimum atomic E-state index is 0.568. The van der Waals surface area contributed by atoms with Crippen molar-refractivity contribution in [2.75, 3.05) is 17.6 Å². The van der Waals surface area contributed by atoms with E-state index in [4.69, 9.17) is 17.3 Å².